The second-order valence-electron chi connectivity index (χ2n) is 5.20. The third-order valence-electron chi connectivity index (χ3n) is 3.51. The maximum absolute atomic E-state index is 11.7. The van der Waals surface area contributed by atoms with Crippen LogP contribution in [0.15, 0.2) is 23.6 Å². The predicted octanol–water partition coefficient (Wildman–Crippen LogP) is 1.16. The van der Waals surface area contributed by atoms with Crippen LogP contribution in [0.1, 0.15) is 10.6 Å². The van der Waals surface area contributed by atoms with Gasteiger partial charge in [-0.25, -0.2) is 13.4 Å². The van der Waals surface area contributed by atoms with E-state index in [4.69, 9.17) is 5.73 Å². The number of hydrogen-bond donors (Lipinski definition) is 1. The summed E-state index contributed by atoms with van der Waals surface area (Å²) in [6.45, 7) is 0.474. The number of nitrogens with two attached hydrogens (primary N) is 1. The summed E-state index contributed by atoms with van der Waals surface area (Å²) >= 11 is 1.39. The van der Waals surface area contributed by atoms with E-state index in [2.05, 4.69) is 4.98 Å². The summed E-state index contributed by atoms with van der Waals surface area (Å²) in [5.41, 5.74) is 8.59. The number of thiazole rings is 1. The highest BCUT2D eigenvalue weighted by Crippen LogP contribution is 2.34. The third kappa shape index (κ3) is 2.84. The summed E-state index contributed by atoms with van der Waals surface area (Å²) in [6, 6.07) is 5.63. The van der Waals surface area contributed by atoms with E-state index in [1.54, 1.807) is 0 Å². The zero-order valence-corrected chi connectivity index (χ0v) is 13.6. The molecule has 0 radical (unpaired) electrons. The summed E-state index contributed by atoms with van der Waals surface area (Å²) in [7, 11) is -3.23. The molecule has 2 heterocycles. The Kier molecular flexibility index (Phi) is 3.65. The molecular weight excluding hydrogens is 322 g/mol. The van der Waals surface area contributed by atoms with Gasteiger partial charge in [-0.05, 0) is 24.1 Å². The average molecular weight is 337 g/mol. The second kappa shape index (κ2) is 5.36. The fourth-order valence-corrected chi connectivity index (χ4v) is 4.32. The van der Waals surface area contributed by atoms with Crippen molar-refractivity contribution < 1.29 is 13.2 Å². The molecule has 6 nitrogen and oxygen atoms in total. The largest absolute Gasteiger partial charge is 0.369 e. The third-order valence-corrected chi connectivity index (χ3v) is 5.53. The smallest absolute Gasteiger partial charge is 0.232 e. The first-order valence-corrected chi connectivity index (χ1v) is 9.41. The molecule has 1 aromatic carbocycles. The highest BCUT2D eigenvalue weighted by atomic mass is 32.2. The number of fused-ring (bicyclic) bond motifs is 1. The van der Waals surface area contributed by atoms with Gasteiger partial charge in [0.2, 0.25) is 15.9 Å². The van der Waals surface area contributed by atoms with Gasteiger partial charge in [0.05, 0.1) is 24.1 Å². The van der Waals surface area contributed by atoms with Crippen molar-refractivity contribution in [2.45, 2.75) is 12.8 Å². The molecule has 0 aliphatic carbocycles. The predicted molar refractivity (Wildman–Crippen MR) is 86.3 cm³/mol. The van der Waals surface area contributed by atoms with Crippen molar-refractivity contribution in [3.63, 3.8) is 0 Å². The normalized spacial score (nSPS) is 14.1. The van der Waals surface area contributed by atoms with Gasteiger partial charge in [-0.3, -0.25) is 9.10 Å². The van der Waals surface area contributed by atoms with Gasteiger partial charge in [-0.2, -0.15) is 0 Å². The first-order valence-electron chi connectivity index (χ1n) is 6.68. The van der Waals surface area contributed by atoms with Gasteiger partial charge in [0, 0.05) is 17.5 Å². The Labute approximate surface area is 132 Å². The lowest BCUT2D eigenvalue weighted by molar-refractivity contribution is -0.117. The van der Waals surface area contributed by atoms with Gasteiger partial charge in [0.25, 0.3) is 0 Å². The van der Waals surface area contributed by atoms with Crippen LogP contribution < -0.4 is 10.0 Å². The van der Waals surface area contributed by atoms with E-state index in [0.717, 1.165) is 22.5 Å². The SMILES string of the molecule is CS(=O)(=O)N1CCc2cc(-c3csc(CC(N)=O)n3)ccc21. The Morgan fingerprint density at radius 3 is 2.91 bits per heavy atom. The van der Waals surface area contributed by atoms with Crippen molar-refractivity contribution in [3.05, 3.63) is 34.2 Å². The number of hydrogen-bond acceptors (Lipinski definition) is 5. The van der Waals surface area contributed by atoms with Crippen LogP contribution in [0.4, 0.5) is 5.69 Å². The summed E-state index contributed by atoms with van der Waals surface area (Å²) in [5, 5.41) is 2.56. The topological polar surface area (TPSA) is 93.4 Å². The van der Waals surface area contributed by atoms with Crippen molar-refractivity contribution in [2.75, 3.05) is 17.1 Å². The molecule has 0 unspecified atom stereocenters. The zero-order valence-electron chi connectivity index (χ0n) is 11.9. The van der Waals surface area contributed by atoms with Crippen molar-refractivity contribution in [1.82, 2.24) is 4.98 Å². The molecule has 0 spiro atoms. The fourth-order valence-electron chi connectivity index (χ4n) is 2.55. The molecular formula is C14H15N3O3S2. The molecule has 0 saturated heterocycles. The number of nitrogens with zero attached hydrogens (tertiary/aromatic N) is 2. The number of anilines is 1. The molecule has 0 fully saturated rings. The lowest BCUT2D eigenvalue weighted by Gasteiger charge is -2.16. The first-order chi connectivity index (χ1) is 10.3. The molecule has 3 rings (SSSR count). The zero-order chi connectivity index (χ0) is 15.9. The Morgan fingerprint density at radius 1 is 1.45 bits per heavy atom. The van der Waals surface area contributed by atoms with E-state index in [1.807, 2.05) is 23.6 Å². The number of carbonyl (C=O) groups excluding carboxylic acids is 1. The number of aromatic nitrogens is 1. The van der Waals surface area contributed by atoms with E-state index >= 15 is 0 Å². The summed E-state index contributed by atoms with van der Waals surface area (Å²) in [6.07, 6.45) is 2.04. The number of carbonyl (C=O) groups is 1. The highest BCUT2D eigenvalue weighted by molar-refractivity contribution is 7.92. The summed E-state index contributed by atoms with van der Waals surface area (Å²) < 4.78 is 24.9. The molecule has 0 saturated carbocycles. The van der Waals surface area contributed by atoms with Crippen LogP contribution in [0.5, 0.6) is 0 Å². The Hall–Kier alpha value is -1.93. The van der Waals surface area contributed by atoms with Crippen LogP contribution >= 0.6 is 11.3 Å². The van der Waals surface area contributed by atoms with Crippen LogP contribution in [-0.2, 0) is 27.7 Å². The van der Waals surface area contributed by atoms with Gasteiger partial charge in [0.15, 0.2) is 0 Å². The lowest BCUT2D eigenvalue weighted by Crippen LogP contribution is -2.27. The van der Waals surface area contributed by atoms with Crippen molar-refractivity contribution >= 4 is 33.0 Å². The van der Waals surface area contributed by atoms with Gasteiger partial charge < -0.3 is 5.73 Å². The van der Waals surface area contributed by atoms with E-state index in [9.17, 15) is 13.2 Å². The molecule has 2 N–H and O–H groups in total. The van der Waals surface area contributed by atoms with Gasteiger partial charge in [0.1, 0.15) is 5.01 Å². The Balaban J connectivity index is 1.92. The molecule has 116 valence electrons. The van der Waals surface area contributed by atoms with E-state index in [0.29, 0.717) is 18.0 Å². The van der Waals surface area contributed by atoms with Gasteiger partial charge in [-0.1, -0.05) is 6.07 Å². The maximum Gasteiger partial charge on any atom is 0.232 e. The van der Waals surface area contributed by atoms with E-state index < -0.39 is 15.9 Å². The molecule has 22 heavy (non-hydrogen) atoms. The average Bonchev–Trinajstić information content (AvgIpc) is 3.02. The monoisotopic (exact) mass is 337 g/mol. The summed E-state index contributed by atoms with van der Waals surface area (Å²) in [4.78, 5) is 15.3. The fraction of sp³-hybridized carbons (Fsp3) is 0.286. The summed E-state index contributed by atoms with van der Waals surface area (Å²) in [5.74, 6) is -0.404. The Morgan fingerprint density at radius 2 is 2.23 bits per heavy atom. The van der Waals surface area contributed by atoms with Crippen LogP contribution in [0.25, 0.3) is 11.3 Å². The molecule has 2 aromatic rings. The number of rotatable bonds is 4. The minimum atomic E-state index is -3.23. The van der Waals surface area contributed by atoms with E-state index in [1.165, 1.54) is 21.9 Å². The number of benzene rings is 1. The number of sulfonamides is 1. The highest BCUT2D eigenvalue weighted by Gasteiger charge is 2.26. The number of primary amides is 1. The molecule has 1 aliphatic heterocycles. The molecule has 1 amide bonds. The number of amides is 1. The molecule has 0 bridgehead atoms. The molecule has 8 heteroatoms. The molecule has 0 atom stereocenters. The minimum absolute atomic E-state index is 0.136. The Bertz CT molecular complexity index is 843. The minimum Gasteiger partial charge on any atom is -0.369 e. The van der Waals surface area contributed by atoms with Crippen LogP contribution in [0.2, 0.25) is 0 Å². The first kappa shape index (κ1) is 15.0. The second-order valence-corrected chi connectivity index (χ2v) is 8.05. The van der Waals surface area contributed by atoms with Gasteiger partial charge >= 0.3 is 0 Å². The quantitative estimate of drug-likeness (QED) is 0.906. The van der Waals surface area contributed by atoms with Gasteiger partial charge in [-0.15, -0.1) is 11.3 Å². The molecule has 1 aromatic heterocycles. The van der Waals surface area contributed by atoms with E-state index in [-0.39, 0.29) is 6.42 Å². The van der Waals surface area contributed by atoms with Crippen LogP contribution in [0, 0.1) is 0 Å². The van der Waals surface area contributed by atoms with Crippen LogP contribution in [-0.4, -0.2) is 32.1 Å². The van der Waals surface area contributed by atoms with Crippen molar-refractivity contribution in [1.29, 1.82) is 0 Å². The maximum atomic E-state index is 11.7. The van der Waals surface area contributed by atoms with Crippen LogP contribution in [0.3, 0.4) is 0 Å². The lowest BCUT2D eigenvalue weighted by atomic mass is 10.1. The van der Waals surface area contributed by atoms with Crippen molar-refractivity contribution in [2.24, 2.45) is 5.73 Å². The molecule has 1 aliphatic rings. The standard InChI is InChI=1S/C14H15N3O3S2/c1-22(19,20)17-5-4-10-6-9(2-3-12(10)17)11-8-21-14(16-11)7-13(15)18/h2-3,6,8H,4-5,7H2,1H3,(H2,15,18). The van der Waals surface area contributed by atoms with Crippen molar-refractivity contribution in [3.8, 4) is 11.3 Å².